The summed E-state index contributed by atoms with van der Waals surface area (Å²) in [5.74, 6) is -2.78. The van der Waals surface area contributed by atoms with Crippen molar-refractivity contribution in [2.75, 3.05) is 7.11 Å². The van der Waals surface area contributed by atoms with E-state index in [1.165, 1.54) is 19.2 Å². The van der Waals surface area contributed by atoms with E-state index in [0.29, 0.717) is 0 Å². The van der Waals surface area contributed by atoms with Crippen molar-refractivity contribution in [3.05, 3.63) is 73.7 Å². The van der Waals surface area contributed by atoms with Gasteiger partial charge in [0.15, 0.2) is 0 Å². The van der Waals surface area contributed by atoms with Crippen LogP contribution in [-0.4, -0.2) is 16.8 Å². The number of aromatic nitrogens is 1. The molecule has 0 saturated heterocycles. The summed E-state index contributed by atoms with van der Waals surface area (Å²) in [7, 11) is 1.25. The summed E-state index contributed by atoms with van der Waals surface area (Å²) < 4.78 is 49.0. The van der Waals surface area contributed by atoms with Gasteiger partial charge in [0, 0.05) is 28.3 Å². The first-order valence-electron chi connectivity index (χ1n) is 7.81. The summed E-state index contributed by atoms with van der Waals surface area (Å²) in [6.45, 7) is -0.877. The predicted octanol–water partition coefficient (Wildman–Crippen LogP) is 4.97. The number of hydrogen-bond donors (Lipinski definition) is 1. The van der Waals surface area contributed by atoms with E-state index in [-0.39, 0.29) is 32.1 Å². The van der Waals surface area contributed by atoms with Gasteiger partial charge in [0.1, 0.15) is 29.9 Å². The van der Waals surface area contributed by atoms with Crippen LogP contribution in [0, 0.1) is 17.5 Å². The second kappa shape index (κ2) is 7.98. The maximum Gasteiger partial charge on any atom is 0.267 e. The Balaban J connectivity index is 2.49. The van der Waals surface area contributed by atoms with Crippen LogP contribution in [0.2, 0.25) is 5.02 Å². The number of methoxy groups -OCH3 is 1. The first kappa shape index (κ1) is 20.4. The van der Waals surface area contributed by atoms with E-state index in [4.69, 9.17) is 16.3 Å². The van der Waals surface area contributed by atoms with Gasteiger partial charge in [0.25, 0.3) is 5.56 Å². The Hall–Kier alpha value is -2.29. The molecule has 2 aromatic carbocycles. The van der Waals surface area contributed by atoms with Crippen molar-refractivity contribution < 1.29 is 23.0 Å². The van der Waals surface area contributed by atoms with Crippen LogP contribution in [0.3, 0.4) is 0 Å². The van der Waals surface area contributed by atoms with Gasteiger partial charge in [-0.3, -0.25) is 9.36 Å². The Labute approximate surface area is 170 Å². The molecule has 28 heavy (non-hydrogen) atoms. The van der Waals surface area contributed by atoms with Crippen molar-refractivity contribution in [1.82, 2.24) is 4.57 Å². The summed E-state index contributed by atoms with van der Waals surface area (Å²) in [5, 5.41) is 9.82. The molecule has 1 N–H and O–H groups in total. The SMILES string of the molecule is COc1cc(F)c(-c2c(-c3cc(F)ccc3Cl)cc(Br)c(=O)n2CO)c(F)c1. The normalized spacial score (nSPS) is 11.0. The summed E-state index contributed by atoms with van der Waals surface area (Å²) in [5.41, 5.74) is -1.47. The Morgan fingerprint density at radius 2 is 1.75 bits per heavy atom. The van der Waals surface area contributed by atoms with E-state index in [1.807, 2.05) is 0 Å². The van der Waals surface area contributed by atoms with Gasteiger partial charge in [-0.05, 0) is 40.2 Å². The predicted molar refractivity (Wildman–Crippen MR) is 103 cm³/mol. The Morgan fingerprint density at radius 1 is 1.11 bits per heavy atom. The molecule has 9 heteroatoms. The minimum atomic E-state index is -1.03. The molecule has 0 fully saturated rings. The van der Waals surface area contributed by atoms with Gasteiger partial charge >= 0.3 is 0 Å². The van der Waals surface area contributed by atoms with Crippen LogP contribution in [0.1, 0.15) is 0 Å². The van der Waals surface area contributed by atoms with Crippen LogP contribution in [0.5, 0.6) is 5.75 Å². The zero-order valence-corrected chi connectivity index (χ0v) is 16.6. The smallest absolute Gasteiger partial charge is 0.267 e. The molecular formula is C19H12BrClF3NO3. The van der Waals surface area contributed by atoms with E-state index < -0.39 is 35.3 Å². The van der Waals surface area contributed by atoms with Crippen LogP contribution >= 0.6 is 27.5 Å². The van der Waals surface area contributed by atoms with Crippen molar-refractivity contribution in [3.63, 3.8) is 0 Å². The number of aliphatic hydroxyl groups excluding tert-OH is 1. The number of rotatable bonds is 4. The molecule has 0 aliphatic heterocycles. The van der Waals surface area contributed by atoms with Crippen LogP contribution in [-0.2, 0) is 6.73 Å². The molecule has 0 aliphatic carbocycles. The highest BCUT2D eigenvalue weighted by molar-refractivity contribution is 9.10. The van der Waals surface area contributed by atoms with Crippen molar-refractivity contribution >= 4 is 27.5 Å². The van der Waals surface area contributed by atoms with Gasteiger partial charge in [0.05, 0.1) is 22.8 Å². The lowest BCUT2D eigenvalue weighted by Gasteiger charge is -2.19. The highest BCUT2D eigenvalue weighted by atomic mass is 79.9. The number of ether oxygens (including phenoxy) is 1. The quantitative estimate of drug-likeness (QED) is 0.581. The summed E-state index contributed by atoms with van der Waals surface area (Å²) in [6, 6.07) is 6.61. The molecule has 3 rings (SSSR count). The zero-order chi connectivity index (χ0) is 20.6. The monoisotopic (exact) mass is 473 g/mol. The largest absolute Gasteiger partial charge is 0.497 e. The third-order valence-electron chi connectivity index (χ3n) is 4.09. The first-order chi connectivity index (χ1) is 13.3. The number of hydrogen-bond acceptors (Lipinski definition) is 3. The van der Waals surface area contributed by atoms with E-state index >= 15 is 0 Å². The average molecular weight is 475 g/mol. The number of halogens is 5. The fraction of sp³-hybridized carbons (Fsp3) is 0.105. The Morgan fingerprint density at radius 3 is 2.32 bits per heavy atom. The van der Waals surface area contributed by atoms with Gasteiger partial charge in [-0.25, -0.2) is 13.2 Å². The molecule has 0 amide bonds. The minimum Gasteiger partial charge on any atom is -0.497 e. The van der Waals surface area contributed by atoms with Crippen molar-refractivity contribution in [2.24, 2.45) is 0 Å². The van der Waals surface area contributed by atoms with Crippen LogP contribution in [0.15, 0.2) is 45.7 Å². The molecule has 0 spiro atoms. The second-order valence-corrected chi connectivity index (χ2v) is 6.98. The summed E-state index contributed by atoms with van der Waals surface area (Å²) in [6.07, 6.45) is 0. The molecule has 4 nitrogen and oxygen atoms in total. The van der Waals surface area contributed by atoms with Crippen molar-refractivity contribution in [2.45, 2.75) is 6.73 Å². The lowest BCUT2D eigenvalue weighted by Crippen LogP contribution is -2.24. The minimum absolute atomic E-state index is 0.00467. The van der Waals surface area contributed by atoms with Gasteiger partial charge in [-0.15, -0.1) is 0 Å². The topological polar surface area (TPSA) is 51.5 Å². The third-order valence-corrected chi connectivity index (χ3v) is 4.99. The standard InChI is InChI=1S/C19H12BrClF3NO3/c1-28-10-5-15(23)17(16(24)6-10)18-12(7-13(20)19(27)25(18)8-26)11-4-9(22)2-3-14(11)21/h2-7,26H,8H2,1H3. The van der Waals surface area contributed by atoms with E-state index in [0.717, 1.165) is 28.8 Å². The van der Waals surface area contributed by atoms with Gasteiger partial charge in [-0.1, -0.05) is 11.6 Å². The Bertz CT molecular complexity index is 1110. The van der Waals surface area contributed by atoms with E-state index in [2.05, 4.69) is 15.9 Å². The lowest BCUT2D eigenvalue weighted by atomic mass is 9.97. The lowest BCUT2D eigenvalue weighted by molar-refractivity contribution is 0.207. The maximum absolute atomic E-state index is 14.8. The zero-order valence-electron chi connectivity index (χ0n) is 14.3. The highest BCUT2D eigenvalue weighted by Gasteiger charge is 2.24. The third kappa shape index (κ3) is 3.55. The molecule has 1 aromatic heterocycles. The maximum atomic E-state index is 14.8. The van der Waals surface area contributed by atoms with Crippen LogP contribution in [0.4, 0.5) is 13.2 Å². The molecule has 0 bridgehead atoms. The molecule has 146 valence electrons. The summed E-state index contributed by atoms with van der Waals surface area (Å²) >= 11 is 9.22. The van der Waals surface area contributed by atoms with E-state index in [9.17, 15) is 23.1 Å². The molecule has 0 saturated carbocycles. The van der Waals surface area contributed by atoms with Crippen molar-refractivity contribution in [1.29, 1.82) is 0 Å². The molecule has 0 aliphatic rings. The Kier molecular flexibility index (Phi) is 5.83. The van der Waals surface area contributed by atoms with E-state index in [1.54, 1.807) is 0 Å². The number of benzene rings is 2. The van der Waals surface area contributed by atoms with Crippen LogP contribution in [0.25, 0.3) is 22.4 Å². The summed E-state index contributed by atoms with van der Waals surface area (Å²) in [4.78, 5) is 12.5. The fourth-order valence-electron chi connectivity index (χ4n) is 2.84. The highest BCUT2D eigenvalue weighted by Crippen LogP contribution is 2.39. The average Bonchev–Trinajstić information content (AvgIpc) is 2.65. The number of aliphatic hydroxyl groups is 1. The molecule has 3 aromatic rings. The van der Waals surface area contributed by atoms with Crippen molar-refractivity contribution in [3.8, 4) is 28.1 Å². The molecule has 0 unspecified atom stereocenters. The van der Waals surface area contributed by atoms with Gasteiger partial charge < -0.3 is 9.84 Å². The van der Waals surface area contributed by atoms with Gasteiger partial charge in [-0.2, -0.15) is 0 Å². The molecular weight excluding hydrogens is 463 g/mol. The molecule has 1 heterocycles. The first-order valence-corrected chi connectivity index (χ1v) is 8.98. The molecule has 0 atom stereocenters. The van der Waals surface area contributed by atoms with Gasteiger partial charge in [0.2, 0.25) is 0 Å². The fourth-order valence-corrected chi connectivity index (χ4v) is 3.50. The molecule has 0 radical (unpaired) electrons. The second-order valence-electron chi connectivity index (χ2n) is 5.72. The van der Waals surface area contributed by atoms with Crippen LogP contribution < -0.4 is 10.3 Å². The number of pyridine rings is 1. The number of nitrogens with zero attached hydrogens (tertiary/aromatic N) is 1.